The maximum absolute atomic E-state index is 11.8. The molecule has 1 unspecified atom stereocenters. The van der Waals surface area contributed by atoms with Crippen molar-refractivity contribution >= 4 is 30.3 Å². The highest BCUT2D eigenvalue weighted by atomic mass is 32.2. The quantitative estimate of drug-likeness (QED) is 0.133. The SMILES string of the molecule is COP(=O)(O)OCCCCCCNC(=O)CCNCCc1ccc(N[SH](=O)=O)cc1. The minimum atomic E-state index is -3.87. The predicted molar refractivity (Wildman–Crippen MR) is 116 cm³/mol. The number of carbonyl (C=O) groups is 1. The van der Waals surface area contributed by atoms with Crippen LogP contribution in [0.4, 0.5) is 5.69 Å². The standard InChI is InChI=1S/C18H32N3O7PS/c1-27-29(23,24)28-15-5-3-2-4-12-20-18(22)11-14-19-13-10-16-6-8-17(9-7-16)21-30(25)26/h6-9,19,30H,2-5,10-15H2,1H3,(H,20,22)(H,23,24)(H,21,25,26). The predicted octanol–water partition coefficient (Wildman–Crippen LogP) is 1.59. The number of hydrogen-bond acceptors (Lipinski definition) is 7. The first kappa shape index (κ1) is 26.5. The molecule has 0 spiro atoms. The van der Waals surface area contributed by atoms with Crippen LogP contribution in [0.25, 0.3) is 0 Å². The molecule has 1 atom stereocenters. The van der Waals surface area contributed by atoms with Crippen LogP contribution in [0.2, 0.25) is 0 Å². The van der Waals surface area contributed by atoms with Crippen LogP contribution in [-0.4, -0.2) is 52.6 Å². The highest BCUT2D eigenvalue weighted by molar-refractivity contribution is 7.73. The highest BCUT2D eigenvalue weighted by Gasteiger charge is 2.17. The zero-order valence-electron chi connectivity index (χ0n) is 17.2. The van der Waals surface area contributed by atoms with E-state index in [1.54, 1.807) is 12.1 Å². The average Bonchev–Trinajstić information content (AvgIpc) is 2.70. The van der Waals surface area contributed by atoms with Crippen molar-refractivity contribution in [3.05, 3.63) is 29.8 Å². The first-order valence-corrected chi connectivity index (χ1v) is 12.5. The van der Waals surface area contributed by atoms with Gasteiger partial charge in [-0.1, -0.05) is 25.0 Å². The van der Waals surface area contributed by atoms with Crippen LogP contribution in [0.5, 0.6) is 0 Å². The Kier molecular flexibility index (Phi) is 13.6. The summed E-state index contributed by atoms with van der Waals surface area (Å²) in [6.07, 6.45) is 4.41. The normalized spacial score (nSPS) is 13.2. The Balaban J connectivity index is 1.96. The Morgan fingerprint density at radius 2 is 1.77 bits per heavy atom. The van der Waals surface area contributed by atoms with Crippen LogP contribution in [0.15, 0.2) is 24.3 Å². The minimum absolute atomic E-state index is 0.00528. The zero-order chi connectivity index (χ0) is 22.2. The second-order valence-electron chi connectivity index (χ2n) is 6.56. The average molecular weight is 466 g/mol. The minimum Gasteiger partial charge on any atom is -0.356 e. The molecule has 0 saturated carbocycles. The Morgan fingerprint density at radius 3 is 2.43 bits per heavy atom. The Bertz CT molecular complexity index is 736. The zero-order valence-corrected chi connectivity index (χ0v) is 19.0. The van der Waals surface area contributed by atoms with E-state index < -0.39 is 18.7 Å². The lowest BCUT2D eigenvalue weighted by atomic mass is 10.1. The van der Waals surface area contributed by atoms with Gasteiger partial charge in [0.05, 0.1) is 6.61 Å². The lowest BCUT2D eigenvalue weighted by Crippen LogP contribution is -2.29. The van der Waals surface area contributed by atoms with Gasteiger partial charge in [-0.05, 0) is 43.5 Å². The van der Waals surface area contributed by atoms with Crippen LogP contribution in [0.1, 0.15) is 37.7 Å². The van der Waals surface area contributed by atoms with E-state index in [0.717, 1.165) is 44.9 Å². The molecule has 0 saturated heterocycles. The summed E-state index contributed by atoms with van der Waals surface area (Å²) in [5.41, 5.74) is 1.61. The number of anilines is 1. The van der Waals surface area contributed by atoms with Crippen molar-refractivity contribution in [3.8, 4) is 0 Å². The monoisotopic (exact) mass is 465 g/mol. The van der Waals surface area contributed by atoms with Crippen molar-refractivity contribution in [2.24, 2.45) is 0 Å². The van der Waals surface area contributed by atoms with Gasteiger partial charge in [0.15, 0.2) is 0 Å². The molecule has 0 heterocycles. The molecule has 0 aliphatic carbocycles. The van der Waals surface area contributed by atoms with Gasteiger partial charge in [-0.15, -0.1) is 0 Å². The second kappa shape index (κ2) is 15.3. The van der Waals surface area contributed by atoms with E-state index in [1.165, 1.54) is 0 Å². The van der Waals surface area contributed by atoms with Crippen LogP contribution < -0.4 is 15.4 Å². The fraction of sp³-hybridized carbons (Fsp3) is 0.611. The van der Waals surface area contributed by atoms with Gasteiger partial charge < -0.3 is 15.5 Å². The maximum atomic E-state index is 11.8. The molecule has 1 aromatic rings. The summed E-state index contributed by atoms with van der Waals surface area (Å²) in [6.45, 7) is 2.08. The lowest BCUT2D eigenvalue weighted by Gasteiger charge is -2.09. The third-order valence-electron chi connectivity index (χ3n) is 4.17. The van der Waals surface area contributed by atoms with E-state index >= 15 is 0 Å². The van der Waals surface area contributed by atoms with Gasteiger partial charge in [0, 0.05) is 32.3 Å². The van der Waals surface area contributed by atoms with Crippen molar-refractivity contribution in [2.75, 3.05) is 38.1 Å². The van der Waals surface area contributed by atoms with E-state index in [9.17, 15) is 17.8 Å². The molecule has 0 aliphatic heterocycles. The van der Waals surface area contributed by atoms with E-state index in [4.69, 9.17) is 9.42 Å². The number of unbranched alkanes of at least 4 members (excludes halogenated alkanes) is 3. The summed E-state index contributed by atoms with van der Waals surface area (Å²) in [7, 11) is -5.40. The van der Waals surface area contributed by atoms with Crippen molar-refractivity contribution in [2.45, 2.75) is 38.5 Å². The molecule has 12 heteroatoms. The van der Waals surface area contributed by atoms with Gasteiger partial charge in [-0.3, -0.25) is 18.6 Å². The van der Waals surface area contributed by atoms with Gasteiger partial charge in [0.1, 0.15) is 0 Å². The van der Waals surface area contributed by atoms with Crippen molar-refractivity contribution in [1.82, 2.24) is 10.6 Å². The van der Waals surface area contributed by atoms with Gasteiger partial charge in [-0.25, -0.2) is 13.0 Å². The third kappa shape index (κ3) is 13.7. The van der Waals surface area contributed by atoms with Crippen molar-refractivity contribution < 1.29 is 31.7 Å². The fourth-order valence-electron chi connectivity index (χ4n) is 2.54. The summed E-state index contributed by atoms with van der Waals surface area (Å²) < 4.78 is 43.6. The Morgan fingerprint density at radius 1 is 1.07 bits per heavy atom. The van der Waals surface area contributed by atoms with Crippen LogP contribution in [0.3, 0.4) is 0 Å². The molecule has 10 nitrogen and oxygen atoms in total. The van der Waals surface area contributed by atoms with E-state index in [2.05, 4.69) is 19.9 Å². The summed E-state index contributed by atoms with van der Waals surface area (Å²) in [6, 6.07) is 7.15. The summed E-state index contributed by atoms with van der Waals surface area (Å²) in [5.74, 6) is -0.00528. The molecule has 4 N–H and O–H groups in total. The number of nitrogens with one attached hydrogen (secondary N) is 3. The highest BCUT2D eigenvalue weighted by Crippen LogP contribution is 2.41. The molecule has 172 valence electrons. The molecule has 1 amide bonds. The molecule has 1 aromatic carbocycles. The number of amides is 1. The first-order valence-electron chi connectivity index (χ1n) is 9.83. The summed E-state index contributed by atoms with van der Waals surface area (Å²) in [4.78, 5) is 20.8. The van der Waals surface area contributed by atoms with Crippen LogP contribution in [0, 0.1) is 0 Å². The molecule has 1 rings (SSSR count). The van der Waals surface area contributed by atoms with Gasteiger partial charge >= 0.3 is 7.82 Å². The summed E-state index contributed by atoms with van der Waals surface area (Å²) in [5, 5.41) is 6.08. The molecular weight excluding hydrogens is 433 g/mol. The van der Waals surface area contributed by atoms with E-state index in [-0.39, 0.29) is 12.5 Å². The van der Waals surface area contributed by atoms with Crippen molar-refractivity contribution in [1.29, 1.82) is 0 Å². The molecule has 0 aliphatic rings. The molecular formula is C18H32N3O7PS. The molecule has 0 fully saturated rings. The number of benzene rings is 1. The number of carbonyl (C=O) groups excluding carboxylic acids is 1. The number of thiol groups is 1. The van der Waals surface area contributed by atoms with Crippen LogP contribution in [-0.2, 0) is 35.7 Å². The van der Waals surface area contributed by atoms with Crippen molar-refractivity contribution in [3.63, 3.8) is 0 Å². The topological polar surface area (TPSA) is 143 Å². The van der Waals surface area contributed by atoms with Gasteiger partial charge in [0.25, 0.3) is 0 Å². The largest absolute Gasteiger partial charge is 0.471 e. The van der Waals surface area contributed by atoms with Crippen LogP contribution >= 0.6 is 7.82 Å². The second-order valence-corrected chi connectivity index (χ2v) is 8.86. The Hall–Kier alpha value is -1.49. The number of hydrogen-bond donors (Lipinski definition) is 5. The summed E-state index contributed by atoms with van der Waals surface area (Å²) >= 11 is 0. The molecule has 0 aromatic heterocycles. The first-order chi connectivity index (χ1) is 14.3. The number of phosphoric ester groups is 1. The van der Waals surface area contributed by atoms with E-state index in [0.29, 0.717) is 31.6 Å². The number of phosphoric acid groups is 1. The Labute approximate surface area is 179 Å². The molecule has 30 heavy (non-hydrogen) atoms. The lowest BCUT2D eigenvalue weighted by molar-refractivity contribution is -0.121. The fourth-order valence-corrected chi connectivity index (χ4v) is 3.37. The van der Waals surface area contributed by atoms with E-state index in [1.807, 2.05) is 12.1 Å². The van der Waals surface area contributed by atoms with Gasteiger partial charge in [0.2, 0.25) is 16.8 Å². The van der Waals surface area contributed by atoms with Gasteiger partial charge in [-0.2, -0.15) is 0 Å². The smallest absolute Gasteiger partial charge is 0.356 e. The number of rotatable bonds is 17. The third-order valence-corrected chi connectivity index (χ3v) is 5.58. The molecule has 0 bridgehead atoms. The maximum Gasteiger partial charge on any atom is 0.471 e. The molecule has 0 radical (unpaired) electrons.